The summed E-state index contributed by atoms with van der Waals surface area (Å²) in [5, 5.41) is 0. The molecule has 0 unspecified atom stereocenters. The summed E-state index contributed by atoms with van der Waals surface area (Å²) in [5.74, 6) is -2.07. The van der Waals surface area contributed by atoms with E-state index in [9.17, 15) is 13.2 Å². The van der Waals surface area contributed by atoms with Gasteiger partial charge in [-0.2, -0.15) is 0 Å². The minimum Gasteiger partial charge on any atom is -0.491 e. The molecule has 0 amide bonds. The van der Waals surface area contributed by atoms with E-state index in [4.69, 9.17) is 5.73 Å². The van der Waals surface area contributed by atoms with Gasteiger partial charge in [0.15, 0.2) is 17.4 Å². The summed E-state index contributed by atoms with van der Waals surface area (Å²) in [5.41, 5.74) is 5.82. The highest BCUT2D eigenvalue weighted by molar-refractivity contribution is 5.33. The van der Waals surface area contributed by atoms with E-state index in [1.54, 1.807) is 0 Å². The van der Waals surface area contributed by atoms with Crippen LogP contribution in [0, 0.1) is 11.6 Å². The first-order valence-corrected chi connectivity index (χ1v) is 4.62. The van der Waals surface area contributed by atoms with Crippen molar-refractivity contribution < 1.29 is 17.9 Å². The van der Waals surface area contributed by atoms with Gasteiger partial charge in [-0.15, -0.1) is 0 Å². The second-order valence-corrected chi connectivity index (χ2v) is 3.24. The van der Waals surface area contributed by atoms with Gasteiger partial charge in [-0.25, -0.2) is 13.2 Å². The van der Waals surface area contributed by atoms with Gasteiger partial charge in [-0.1, -0.05) is 0 Å². The Morgan fingerprint density at radius 3 is 2.31 bits per heavy atom. The van der Waals surface area contributed by atoms with Crippen LogP contribution in [-0.2, 0) is 6.42 Å². The molecule has 0 heterocycles. The Kier molecular flexibility index (Phi) is 4.37. The Morgan fingerprint density at radius 2 is 1.94 bits per heavy atom. The molecular weight excluding hydrogens is 219 g/mol. The van der Waals surface area contributed by atoms with E-state index in [0.717, 1.165) is 12.1 Å². The number of hydrogen-bond acceptors (Lipinski definition) is 2. The zero-order valence-electron chi connectivity index (χ0n) is 8.77. The Labute approximate surface area is 91.5 Å². The fourth-order valence-corrected chi connectivity index (χ4v) is 1.33. The van der Waals surface area contributed by atoms with Gasteiger partial charge in [0.1, 0.15) is 0 Å². The minimum absolute atomic E-state index is 0.00572. The van der Waals surface area contributed by atoms with Crippen LogP contribution in [0.2, 0.25) is 0 Å². The molecule has 0 radical (unpaired) electrons. The molecular formula is C11H12F3NO. The number of nitrogens with two attached hydrogens (primary N) is 1. The average Bonchev–Trinajstić information content (AvgIpc) is 2.25. The molecule has 0 spiro atoms. The molecule has 2 nitrogen and oxygen atoms in total. The summed E-state index contributed by atoms with van der Waals surface area (Å²) in [6.07, 6.45) is 0.422. The summed E-state index contributed by atoms with van der Waals surface area (Å²) in [7, 11) is 1.17. The zero-order valence-corrected chi connectivity index (χ0v) is 8.77. The molecule has 88 valence electrons. The summed E-state index contributed by atoms with van der Waals surface area (Å²) in [6.45, 7) is 0.00572. The van der Waals surface area contributed by atoms with Crippen LogP contribution in [0.15, 0.2) is 24.0 Å². The van der Waals surface area contributed by atoms with Crippen LogP contribution >= 0.6 is 0 Å². The van der Waals surface area contributed by atoms with E-state index in [2.05, 4.69) is 4.74 Å². The molecule has 1 aromatic carbocycles. The number of ether oxygens (including phenoxy) is 1. The molecule has 0 atom stereocenters. The topological polar surface area (TPSA) is 35.2 Å². The van der Waals surface area contributed by atoms with Crippen molar-refractivity contribution in [2.45, 2.75) is 6.42 Å². The SMILES string of the molecule is COc1c(F)cc(CC(=CF)CN)cc1F. The van der Waals surface area contributed by atoms with Gasteiger partial charge in [0.05, 0.1) is 13.4 Å². The van der Waals surface area contributed by atoms with Crippen LogP contribution in [0.4, 0.5) is 13.2 Å². The summed E-state index contributed by atoms with van der Waals surface area (Å²) < 4.78 is 43.3. The van der Waals surface area contributed by atoms with Gasteiger partial charge in [-0.3, -0.25) is 0 Å². The molecule has 0 saturated heterocycles. The van der Waals surface area contributed by atoms with Crippen LogP contribution in [0.25, 0.3) is 0 Å². The molecule has 0 fully saturated rings. The van der Waals surface area contributed by atoms with E-state index >= 15 is 0 Å². The maximum Gasteiger partial charge on any atom is 0.190 e. The largest absolute Gasteiger partial charge is 0.491 e. The third kappa shape index (κ3) is 2.76. The lowest BCUT2D eigenvalue weighted by atomic mass is 10.1. The van der Waals surface area contributed by atoms with Crippen molar-refractivity contribution >= 4 is 0 Å². The number of halogens is 3. The van der Waals surface area contributed by atoms with Crippen LogP contribution in [-0.4, -0.2) is 13.7 Å². The monoisotopic (exact) mass is 231 g/mol. The van der Waals surface area contributed by atoms with E-state index in [1.165, 1.54) is 7.11 Å². The average molecular weight is 231 g/mol. The predicted molar refractivity (Wildman–Crippen MR) is 54.9 cm³/mol. The van der Waals surface area contributed by atoms with Crippen molar-refractivity contribution in [3.8, 4) is 5.75 Å². The Bertz CT molecular complexity index is 381. The quantitative estimate of drug-likeness (QED) is 0.863. The predicted octanol–water partition coefficient (Wildman–Crippen LogP) is 2.33. The zero-order chi connectivity index (χ0) is 12.1. The van der Waals surface area contributed by atoms with Crippen LogP contribution in [0.5, 0.6) is 5.75 Å². The number of benzene rings is 1. The summed E-state index contributed by atoms with van der Waals surface area (Å²) in [4.78, 5) is 0. The lowest BCUT2D eigenvalue weighted by molar-refractivity contribution is 0.359. The molecule has 0 aliphatic rings. The van der Waals surface area contributed by atoms with Crippen molar-refractivity contribution in [1.29, 1.82) is 0 Å². The van der Waals surface area contributed by atoms with Crippen molar-refractivity contribution in [2.24, 2.45) is 5.73 Å². The molecule has 5 heteroatoms. The highest BCUT2D eigenvalue weighted by atomic mass is 19.1. The van der Waals surface area contributed by atoms with Crippen molar-refractivity contribution in [1.82, 2.24) is 0 Å². The Hall–Kier alpha value is -1.49. The van der Waals surface area contributed by atoms with Gasteiger partial charge in [0, 0.05) is 6.54 Å². The minimum atomic E-state index is -0.812. The van der Waals surface area contributed by atoms with Gasteiger partial charge in [-0.05, 0) is 29.7 Å². The molecule has 0 bridgehead atoms. The van der Waals surface area contributed by atoms with Gasteiger partial charge in [0.2, 0.25) is 0 Å². The molecule has 0 aliphatic carbocycles. The number of rotatable bonds is 4. The third-order valence-electron chi connectivity index (χ3n) is 2.11. The van der Waals surface area contributed by atoms with E-state index in [0.29, 0.717) is 11.9 Å². The second-order valence-electron chi connectivity index (χ2n) is 3.24. The highest BCUT2D eigenvalue weighted by Crippen LogP contribution is 2.23. The van der Waals surface area contributed by atoms with Crippen LogP contribution < -0.4 is 10.5 Å². The van der Waals surface area contributed by atoms with Gasteiger partial charge < -0.3 is 10.5 Å². The lowest BCUT2D eigenvalue weighted by Gasteiger charge is -2.07. The second kappa shape index (κ2) is 5.55. The fourth-order valence-electron chi connectivity index (χ4n) is 1.33. The molecule has 0 aromatic heterocycles. The van der Waals surface area contributed by atoms with Crippen molar-refractivity contribution in [3.63, 3.8) is 0 Å². The molecule has 0 aliphatic heterocycles. The normalized spacial score (nSPS) is 11.7. The first kappa shape index (κ1) is 12.6. The molecule has 16 heavy (non-hydrogen) atoms. The van der Waals surface area contributed by atoms with Crippen LogP contribution in [0.3, 0.4) is 0 Å². The third-order valence-corrected chi connectivity index (χ3v) is 2.11. The first-order chi connectivity index (χ1) is 7.62. The highest BCUT2D eigenvalue weighted by Gasteiger charge is 2.12. The summed E-state index contributed by atoms with van der Waals surface area (Å²) >= 11 is 0. The molecule has 1 rings (SSSR count). The van der Waals surface area contributed by atoms with E-state index in [1.807, 2.05) is 0 Å². The lowest BCUT2D eigenvalue weighted by Crippen LogP contribution is -2.06. The van der Waals surface area contributed by atoms with E-state index < -0.39 is 17.4 Å². The van der Waals surface area contributed by atoms with Gasteiger partial charge >= 0.3 is 0 Å². The number of hydrogen-bond donors (Lipinski definition) is 1. The number of methoxy groups -OCH3 is 1. The maximum atomic E-state index is 13.3. The molecule has 0 saturated carbocycles. The van der Waals surface area contributed by atoms with Crippen LogP contribution in [0.1, 0.15) is 5.56 Å². The smallest absolute Gasteiger partial charge is 0.190 e. The fraction of sp³-hybridized carbons (Fsp3) is 0.273. The summed E-state index contributed by atoms with van der Waals surface area (Å²) in [6, 6.07) is 2.20. The molecule has 1 aromatic rings. The Morgan fingerprint density at radius 1 is 1.38 bits per heavy atom. The van der Waals surface area contributed by atoms with Gasteiger partial charge in [0.25, 0.3) is 0 Å². The van der Waals surface area contributed by atoms with Crippen molar-refractivity contribution in [3.05, 3.63) is 41.2 Å². The Balaban J connectivity index is 3.00. The van der Waals surface area contributed by atoms with E-state index in [-0.39, 0.29) is 18.5 Å². The first-order valence-electron chi connectivity index (χ1n) is 4.62. The maximum absolute atomic E-state index is 13.3. The van der Waals surface area contributed by atoms with Crippen molar-refractivity contribution in [2.75, 3.05) is 13.7 Å². The molecule has 2 N–H and O–H groups in total. The standard InChI is InChI=1S/C11H12F3NO/c1-16-11-9(13)3-7(4-10(11)14)2-8(5-12)6-15/h3-5H,2,6,15H2,1H3.